The third-order valence-corrected chi connectivity index (χ3v) is 6.88. The maximum Gasteiger partial charge on any atom is 0.223 e. The molecular formula is C26H33N5O. The Balaban J connectivity index is 1.21. The molecule has 2 saturated heterocycles. The summed E-state index contributed by atoms with van der Waals surface area (Å²) in [6.07, 6.45) is 7.19. The first kappa shape index (κ1) is 22.3. The minimum atomic E-state index is 0.0458. The summed E-state index contributed by atoms with van der Waals surface area (Å²) in [6.45, 7) is 6.73. The number of benzene rings is 1. The molecule has 168 valence electrons. The van der Waals surface area contributed by atoms with Crippen LogP contribution in [0.1, 0.15) is 55.7 Å². The van der Waals surface area contributed by atoms with Crippen LogP contribution in [0.15, 0.2) is 42.6 Å². The molecule has 1 aromatic heterocycles. The van der Waals surface area contributed by atoms with Gasteiger partial charge in [0.1, 0.15) is 11.9 Å². The van der Waals surface area contributed by atoms with E-state index < -0.39 is 0 Å². The van der Waals surface area contributed by atoms with Crippen LogP contribution in [-0.2, 0) is 17.9 Å². The zero-order chi connectivity index (χ0) is 22.3. The number of nitriles is 1. The number of likely N-dealkylation sites (tertiary alicyclic amines) is 1. The molecule has 32 heavy (non-hydrogen) atoms. The molecule has 2 aliphatic heterocycles. The van der Waals surface area contributed by atoms with Gasteiger partial charge in [-0.15, -0.1) is 0 Å². The van der Waals surface area contributed by atoms with E-state index >= 15 is 0 Å². The highest BCUT2D eigenvalue weighted by atomic mass is 16.1. The minimum Gasteiger partial charge on any atom is -0.357 e. The minimum absolute atomic E-state index is 0.0458. The van der Waals surface area contributed by atoms with Gasteiger partial charge in [-0.2, -0.15) is 5.26 Å². The lowest BCUT2D eigenvalue weighted by Gasteiger charge is -2.33. The number of anilines is 1. The fourth-order valence-electron chi connectivity index (χ4n) is 4.73. The Bertz CT molecular complexity index is 926. The number of hydrogen-bond donors (Lipinski definition) is 1. The highest BCUT2D eigenvalue weighted by Gasteiger charge is 2.25. The van der Waals surface area contributed by atoms with Crippen molar-refractivity contribution in [3.63, 3.8) is 0 Å². The van der Waals surface area contributed by atoms with Gasteiger partial charge in [0.2, 0.25) is 5.91 Å². The summed E-state index contributed by atoms with van der Waals surface area (Å²) in [5.74, 6) is 1.06. The lowest BCUT2D eigenvalue weighted by Crippen LogP contribution is -2.40. The summed E-state index contributed by atoms with van der Waals surface area (Å²) in [5, 5.41) is 12.0. The highest BCUT2D eigenvalue weighted by molar-refractivity contribution is 5.79. The first-order valence-electron chi connectivity index (χ1n) is 11.8. The second-order valence-corrected chi connectivity index (χ2v) is 9.13. The topological polar surface area (TPSA) is 72.3 Å². The predicted molar refractivity (Wildman–Crippen MR) is 126 cm³/mol. The van der Waals surface area contributed by atoms with E-state index in [4.69, 9.17) is 5.26 Å². The summed E-state index contributed by atoms with van der Waals surface area (Å²) in [5.41, 5.74) is 3.06. The Morgan fingerprint density at radius 3 is 2.47 bits per heavy atom. The number of nitrogens with one attached hydrogen (secondary N) is 1. The van der Waals surface area contributed by atoms with Gasteiger partial charge in [0.25, 0.3) is 0 Å². The van der Waals surface area contributed by atoms with E-state index in [2.05, 4.69) is 57.4 Å². The van der Waals surface area contributed by atoms with Gasteiger partial charge >= 0.3 is 0 Å². The standard InChI is InChI=1S/C26H33N5O/c1-20-4-2-3-13-31(20)19-22-7-5-21(6-8-22)17-29-26(32)24-11-14-30(15-12-24)25-10-9-23(16-27)18-28-25/h5-10,18,20,24H,2-4,11-15,17,19H2,1H3,(H,29,32). The molecule has 6 heteroatoms. The molecule has 1 atom stereocenters. The quantitative estimate of drug-likeness (QED) is 0.752. The SMILES string of the molecule is CC1CCCCN1Cc1ccc(CNC(=O)C2CCN(c3ccc(C#N)cn3)CC2)cc1. The molecule has 0 spiro atoms. The monoisotopic (exact) mass is 431 g/mol. The molecular weight excluding hydrogens is 398 g/mol. The number of piperidine rings is 2. The second-order valence-electron chi connectivity index (χ2n) is 9.13. The van der Waals surface area contributed by atoms with E-state index in [1.807, 2.05) is 6.07 Å². The van der Waals surface area contributed by atoms with Gasteiger partial charge in [-0.3, -0.25) is 9.69 Å². The number of carbonyl (C=O) groups is 1. The summed E-state index contributed by atoms with van der Waals surface area (Å²) in [4.78, 5) is 21.8. The third-order valence-electron chi connectivity index (χ3n) is 6.88. The van der Waals surface area contributed by atoms with Crippen LogP contribution >= 0.6 is 0 Å². The molecule has 1 aromatic carbocycles. The van der Waals surface area contributed by atoms with Crippen LogP contribution in [0.3, 0.4) is 0 Å². The number of nitrogens with zero attached hydrogens (tertiary/aromatic N) is 4. The van der Waals surface area contributed by atoms with Crippen molar-refractivity contribution in [2.75, 3.05) is 24.5 Å². The van der Waals surface area contributed by atoms with E-state index in [0.717, 1.165) is 43.9 Å². The third kappa shape index (κ3) is 5.66. The number of pyridine rings is 1. The van der Waals surface area contributed by atoms with Crippen LogP contribution in [0.2, 0.25) is 0 Å². The molecule has 0 aliphatic carbocycles. The molecule has 2 fully saturated rings. The fourth-order valence-corrected chi connectivity index (χ4v) is 4.73. The van der Waals surface area contributed by atoms with Gasteiger partial charge in [0.05, 0.1) is 5.56 Å². The summed E-state index contributed by atoms with van der Waals surface area (Å²) >= 11 is 0. The summed E-state index contributed by atoms with van der Waals surface area (Å²) in [7, 11) is 0. The molecule has 1 unspecified atom stereocenters. The van der Waals surface area contributed by atoms with Gasteiger partial charge in [0, 0.05) is 44.3 Å². The zero-order valence-corrected chi connectivity index (χ0v) is 19.0. The number of carbonyl (C=O) groups excluding carboxylic acids is 1. The van der Waals surface area contributed by atoms with Crippen molar-refractivity contribution in [1.82, 2.24) is 15.2 Å². The molecule has 0 saturated carbocycles. The van der Waals surface area contributed by atoms with Crippen LogP contribution in [0.25, 0.3) is 0 Å². The Kier molecular flexibility index (Phi) is 7.39. The Morgan fingerprint density at radius 1 is 1.06 bits per heavy atom. The second kappa shape index (κ2) is 10.6. The van der Waals surface area contributed by atoms with E-state index in [-0.39, 0.29) is 11.8 Å². The van der Waals surface area contributed by atoms with Crippen LogP contribution in [0.4, 0.5) is 5.82 Å². The lowest BCUT2D eigenvalue weighted by molar-refractivity contribution is -0.125. The van der Waals surface area contributed by atoms with Crippen molar-refractivity contribution in [3.05, 3.63) is 59.3 Å². The number of rotatable bonds is 6. The van der Waals surface area contributed by atoms with Crippen LogP contribution < -0.4 is 10.2 Å². The molecule has 2 aromatic rings. The molecule has 1 amide bonds. The van der Waals surface area contributed by atoms with Gasteiger partial charge in [0.15, 0.2) is 0 Å². The van der Waals surface area contributed by atoms with Crippen molar-refractivity contribution >= 4 is 11.7 Å². The van der Waals surface area contributed by atoms with Gasteiger partial charge < -0.3 is 10.2 Å². The molecule has 3 heterocycles. The smallest absolute Gasteiger partial charge is 0.223 e. The number of aromatic nitrogens is 1. The fraction of sp³-hybridized carbons (Fsp3) is 0.500. The molecule has 2 aliphatic rings. The largest absolute Gasteiger partial charge is 0.357 e. The Labute approximate surface area is 191 Å². The highest BCUT2D eigenvalue weighted by Crippen LogP contribution is 2.22. The van der Waals surface area contributed by atoms with Crippen molar-refractivity contribution in [2.45, 2.75) is 58.2 Å². The maximum absolute atomic E-state index is 12.7. The molecule has 1 N–H and O–H groups in total. The van der Waals surface area contributed by atoms with E-state index in [9.17, 15) is 4.79 Å². The lowest BCUT2D eigenvalue weighted by atomic mass is 9.95. The van der Waals surface area contributed by atoms with Crippen molar-refractivity contribution in [3.8, 4) is 6.07 Å². The average Bonchev–Trinajstić information content (AvgIpc) is 2.85. The zero-order valence-electron chi connectivity index (χ0n) is 19.0. The summed E-state index contributed by atoms with van der Waals surface area (Å²) in [6, 6.07) is 15.1. The number of hydrogen-bond acceptors (Lipinski definition) is 5. The van der Waals surface area contributed by atoms with Gasteiger partial charge in [-0.25, -0.2) is 4.98 Å². The summed E-state index contributed by atoms with van der Waals surface area (Å²) < 4.78 is 0. The van der Waals surface area contributed by atoms with Crippen molar-refractivity contribution in [1.29, 1.82) is 5.26 Å². The van der Waals surface area contributed by atoms with E-state index in [0.29, 0.717) is 18.2 Å². The molecule has 6 nitrogen and oxygen atoms in total. The van der Waals surface area contributed by atoms with E-state index in [1.54, 1.807) is 12.3 Å². The molecule has 4 rings (SSSR count). The normalized spacial score (nSPS) is 20.0. The number of amides is 1. The van der Waals surface area contributed by atoms with Gasteiger partial charge in [-0.05, 0) is 62.4 Å². The van der Waals surface area contributed by atoms with Crippen LogP contribution in [0, 0.1) is 17.2 Å². The first-order valence-corrected chi connectivity index (χ1v) is 11.8. The first-order chi connectivity index (χ1) is 15.6. The Morgan fingerprint density at radius 2 is 1.81 bits per heavy atom. The van der Waals surface area contributed by atoms with Crippen LogP contribution in [-0.4, -0.2) is 41.5 Å². The predicted octanol–water partition coefficient (Wildman–Crippen LogP) is 3.86. The maximum atomic E-state index is 12.7. The Hall–Kier alpha value is -2.91. The van der Waals surface area contributed by atoms with Crippen LogP contribution in [0.5, 0.6) is 0 Å². The van der Waals surface area contributed by atoms with Gasteiger partial charge in [-0.1, -0.05) is 30.7 Å². The molecule has 0 radical (unpaired) electrons. The molecule has 0 bridgehead atoms. The van der Waals surface area contributed by atoms with E-state index in [1.165, 1.54) is 31.4 Å². The van der Waals surface area contributed by atoms with Crippen molar-refractivity contribution < 1.29 is 4.79 Å². The average molecular weight is 432 g/mol. The van der Waals surface area contributed by atoms with Crippen molar-refractivity contribution in [2.24, 2.45) is 5.92 Å².